The quantitative estimate of drug-likeness (QED) is 0.654. The molecule has 13 heavy (non-hydrogen) atoms. The van der Waals surface area contributed by atoms with Crippen molar-refractivity contribution in [3.63, 3.8) is 0 Å². The first-order chi connectivity index (χ1) is 6.29. The molecule has 0 saturated heterocycles. The Morgan fingerprint density at radius 3 is 2.54 bits per heavy atom. The summed E-state index contributed by atoms with van der Waals surface area (Å²) in [6, 6.07) is 0. The molecule has 0 amide bonds. The van der Waals surface area contributed by atoms with Crippen LogP contribution in [0.4, 0.5) is 5.82 Å². The molecule has 2 aromatic rings. The second kappa shape index (κ2) is 3.84. The predicted octanol–water partition coefficient (Wildman–Crippen LogP) is 0.972. The van der Waals surface area contributed by atoms with Gasteiger partial charge in [0.2, 0.25) is 0 Å². The average molecular weight is 179 g/mol. The minimum atomic E-state index is 0.426. The van der Waals surface area contributed by atoms with Gasteiger partial charge in [-0.25, -0.2) is 15.0 Å². The highest BCUT2D eigenvalue weighted by Gasteiger charge is 2.03. The Morgan fingerprint density at radius 1 is 1.23 bits per heavy atom. The van der Waals surface area contributed by atoms with E-state index >= 15 is 0 Å². The number of rotatable bonds is 0. The monoisotopic (exact) mass is 179 g/mol. The third kappa shape index (κ3) is 1.58. The van der Waals surface area contributed by atoms with E-state index in [1.54, 1.807) is 10.9 Å². The number of nitrogens with zero attached hydrogens (tertiary/aromatic N) is 4. The van der Waals surface area contributed by atoms with E-state index in [4.69, 9.17) is 5.73 Å². The molecule has 5 nitrogen and oxygen atoms in total. The van der Waals surface area contributed by atoms with E-state index in [1.165, 1.54) is 6.33 Å². The van der Waals surface area contributed by atoms with Gasteiger partial charge in [0.15, 0.2) is 11.5 Å². The molecule has 2 N–H and O–H groups in total. The fourth-order valence-corrected chi connectivity index (χ4v) is 0.964. The van der Waals surface area contributed by atoms with Gasteiger partial charge in [-0.15, -0.1) is 0 Å². The van der Waals surface area contributed by atoms with Gasteiger partial charge in [-0.1, -0.05) is 13.8 Å². The van der Waals surface area contributed by atoms with Crippen LogP contribution in [-0.2, 0) is 7.05 Å². The molecular weight excluding hydrogens is 166 g/mol. The third-order valence-corrected chi connectivity index (χ3v) is 1.53. The molecule has 0 saturated carbocycles. The largest absolute Gasteiger partial charge is 0.382 e. The number of aryl methyl sites for hydroxylation is 1. The van der Waals surface area contributed by atoms with Gasteiger partial charge in [0, 0.05) is 7.05 Å². The molecule has 0 fully saturated rings. The van der Waals surface area contributed by atoms with Crippen molar-refractivity contribution in [1.29, 1.82) is 0 Å². The van der Waals surface area contributed by atoms with Crippen molar-refractivity contribution in [3.8, 4) is 0 Å². The topological polar surface area (TPSA) is 69.6 Å². The molecule has 0 aromatic carbocycles. The Balaban J connectivity index is 0.000000396. The molecule has 0 bridgehead atoms. The lowest BCUT2D eigenvalue weighted by Gasteiger charge is -1.92. The molecule has 70 valence electrons. The zero-order chi connectivity index (χ0) is 9.84. The minimum absolute atomic E-state index is 0.426. The van der Waals surface area contributed by atoms with Crippen LogP contribution < -0.4 is 5.73 Å². The third-order valence-electron chi connectivity index (χ3n) is 1.53. The van der Waals surface area contributed by atoms with Gasteiger partial charge in [0.05, 0.1) is 6.33 Å². The molecule has 0 aliphatic heterocycles. The fraction of sp³-hybridized carbons (Fsp3) is 0.375. The standard InChI is InChI=1S/C6H7N5.C2H6/c1-11-3-10-4-5(7)8-2-9-6(4)11;1-2/h2-3H,1H3,(H2,7,8,9);1-2H3. The maximum absolute atomic E-state index is 5.54. The molecule has 0 atom stereocenters. The normalized spacial score (nSPS) is 9.46. The van der Waals surface area contributed by atoms with Gasteiger partial charge in [0.1, 0.15) is 11.8 Å². The van der Waals surface area contributed by atoms with Crippen LogP contribution in [0.15, 0.2) is 12.7 Å². The molecule has 2 rings (SSSR count). The van der Waals surface area contributed by atoms with Crippen molar-refractivity contribution in [3.05, 3.63) is 12.7 Å². The maximum Gasteiger partial charge on any atom is 0.165 e. The summed E-state index contributed by atoms with van der Waals surface area (Å²) in [5.41, 5.74) is 6.97. The van der Waals surface area contributed by atoms with E-state index in [-0.39, 0.29) is 0 Å². The van der Waals surface area contributed by atoms with Crippen molar-refractivity contribution < 1.29 is 0 Å². The summed E-state index contributed by atoms with van der Waals surface area (Å²) < 4.78 is 1.80. The molecule has 0 spiro atoms. The zero-order valence-electron chi connectivity index (χ0n) is 8.02. The van der Waals surface area contributed by atoms with Crippen LogP contribution in [0, 0.1) is 0 Å². The summed E-state index contributed by atoms with van der Waals surface area (Å²) in [5.74, 6) is 0.426. The molecule has 0 aliphatic rings. The van der Waals surface area contributed by atoms with E-state index in [1.807, 2.05) is 20.9 Å². The second-order valence-corrected chi connectivity index (χ2v) is 2.29. The van der Waals surface area contributed by atoms with Gasteiger partial charge in [-0.05, 0) is 0 Å². The lowest BCUT2D eigenvalue weighted by molar-refractivity contribution is 0.928. The second-order valence-electron chi connectivity index (χ2n) is 2.29. The van der Waals surface area contributed by atoms with E-state index in [9.17, 15) is 0 Å². The van der Waals surface area contributed by atoms with Gasteiger partial charge in [0.25, 0.3) is 0 Å². The number of nitrogen functional groups attached to an aromatic ring is 1. The van der Waals surface area contributed by atoms with Crippen molar-refractivity contribution in [1.82, 2.24) is 19.5 Å². The average Bonchev–Trinajstić information content (AvgIpc) is 2.53. The summed E-state index contributed by atoms with van der Waals surface area (Å²) in [4.78, 5) is 11.9. The lowest BCUT2D eigenvalue weighted by Crippen LogP contribution is -1.94. The molecule has 0 unspecified atom stereocenters. The van der Waals surface area contributed by atoms with Crippen molar-refractivity contribution >= 4 is 17.0 Å². The molecule has 0 radical (unpaired) electrons. The molecule has 0 aliphatic carbocycles. The van der Waals surface area contributed by atoms with Crippen molar-refractivity contribution in [2.45, 2.75) is 13.8 Å². The summed E-state index contributed by atoms with van der Waals surface area (Å²) >= 11 is 0. The van der Waals surface area contributed by atoms with Crippen LogP contribution in [0.2, 0.25) is 0 Å². The number of aromatic nitrogens is 4. The van der Waals surface area contributed by atoms with Crippen molar-refractivity contribution in [2.75, 3.05) is 5.73 Å². The predicted molar refractivity (Wildman–Crippen MR) is 52.1 cm³/mol. The van der Waals surface area contributed by atoms with Crippen LogP contribution in [0.5, 0.6) is 0 Å². The first-order valence-electron chi connectivity index (χ1n) is 4.16. The summed E-state index contributed by atoms with van der Waals surface area (Å²) in [7, 11) is 1.86. The van der Waals surface area contributed by atoms with Crippen LogP contribution >= 0.6 is 0 Å². The number of fused-ring (bicyclic) bond motifs is 1. The van der Waals surface area contributed by atoms with Crippen molar-refractivity contribution in [2.24, 2.45) is 7.05 Å². The fourth-order valence-electron chi connectivity index (χ4n) is 0.964. The summed E-state index contributed by atoms with van der Waals surface area (Å²) in [6.45, 7) is 4.00. The zero-order valence-corrected chi connectivity index (χ0v) is 8.02. The minimum Gasteiger partial charge on any atom is -0.382 e. The van der Waals surface area contributed by atoms with Crippen LogP contribution in [0.25, 0.3) is 11.2 Å². The highest BCUT2D eigenvalue weighted by atomic mass is 15.1. The molecular formula is C8H13N5. The first kappa shape index (κ1) is 9.44. The number of hydrogen-bond donors (Lipinski definition) is 1. The Hall–Kier alpha value is -1.65. The highest BCUT2D eigenvalue weighted by molar-refractivity contribution is 5.80. The highest BCUT2D eigenvalue weighted by Crippen LogP contribution is 2.11. The number of nitrogens with two attached hydrogens (primary N) is 1. The molecule has 2 aromatic heterocycles. The van der Waals surface area contributed by atoms with Crippen LogP contribution in [0.1, 0.15) is 13.8 Å². The summed E-state index contributed by atoms with van der Waals surface area (Å²) in [6.07, 6.45) is 3.09. The van der Waals surface area contributed by atoms with Gasteiger partial charge >= 0.3 is 0 Å². The van der Waals surface area contributed by atoms with Crippen LogP contribution in [-0.4, -0.2) is 19.5 Å². The number of hydrogen-bond acceptors (Lipinski definition) is 4. The van der Waals surface area contributed by atoms with E-state index in [2.05, 4.69) is 15.0 Å². The van der Waals surface area contributed by atoms with E-state index < -0.39 is 0 Å². The summed E-state index contributed by atoms with van der Waals surface area (Å²) in [5, 5.41) is 0. The molecule has 2 heterocycles. The van der Waals surface area contributed by atoms with Crippen LogP contribution in [0.3, 0.4) is 0 Å². The van der Waals surface area contributed by atoms with E-state index in [0.717, 1.165) is 5.65 Å². The SMILES string of the molecule is CC.Cn1cnc2c(N)ncnc21. The van der Waals surface area contributed by atoms with Gasteiger partial charge in [-0.2, -0.15) is 0 Å². The number of imidazole rings is 1. The Bertz CT molecular complexity index is 392. The molecule has 5 heteroatoms. The lowest BCUT2D eigenvalue weighted by atomic mass is 10.5. The smallest absolute Gasteiger partial charge is 0.165 e. The van der Waals surface area contributed by atoms with E-state index in [0.29, 0.717) is 11.3 Å². The number of anilines is 1. The Kier molecular flexibility index (Phi) is 2.79. The van der Waals surface area contributed by atoms with Gasteiger partial charge < -0.3 is 10.3 Å². The maximum atomic E-state index is 5.54. The Morgan fingerprint density at radius 2 is 1.92 bits per heavy atom. The van der Waals surface area contributed by atoms with Gasteiger partial charge in [-0.3, -0.25) is 0 Å². The first-order valence-corrected chi connectivity index (χ1v) is 4.16. The Labute approximate surface area is 76.6 Å².